The highest BCUT2D eigenvalue weighted by molar-refractivity contribution is 7.91. The Balaban J connectivity index is 1.20. The van der Waals surface area contributed by atoms with Crippen molar-refractivity contribution in [3.8, 4) is 17.1 Å². The van der Waals surface area contributed by atoms with E-state index in [0.717, 1.165) is 0 Å². The molecule has 194 valence electrons. The monoisotopic (exact) mass is 543 g/mol. The molecule has 10 nitrogen and oxygen atoms in total. The molecule has 0 bridgehead atoms. The van der Waals surface area contributed by atoms with Crippen LogP contribution in [0.15, 0.2) is 47.5 Å². The molecule has 2 aliphatic heterocycles. The molecule has 2 aromatic heterocycles. The van der Waals surface area contributed by atoms with Crippen LogP contribution in [-0.4, -0.2) is 66.3 Å². The van der Waals surface area contributed by atoms with Gasteiger partial charge in [-0.15, -0.1) is 0 Å². The number of hydrogen-bond acceptors (Lipinski definition) is 7. The first kappa shape index (κ1) is 25.2. The third kappa shape index (κ3) is 5.05. The number of nitrogens with zero attached hydrogens (tertiary/aromatic N) is 3. The van der Waals surface area contributed by atoms with E-state index in [0.29, 0.717) is 65.8 Å². The fourth-order valence-corrected chi connectivity index (χ4v) is 6.66. The number of H-pyrrole nitrogens is 1. The SMILES string of the molecule is COc1cc(-c2cc(C(=O)N3CCC(C(=O)NC4CCS(=O)(=O)c5ccccc54)CC3)[nH]n2)c(Cl)cn1. The van der Waals surface area contributed by atoms with Crippen molar-refractivity contribution in [2.75, 3.05) is 26.0 Å². The molecule has 37 heavy (non-hydrogen) atoms. The van der Waals surface area contributed by atoms with E-state index in [1.807, 2.05) is 0 Å². The minimum absolute atomic E-state index is 0.00552. The van der Waals surface area contributed by atoms with Gasteiger partial charge in [0.05, 0.1) is 40.7 Å². The van der Waals surface area contributed by atoms with E-state index in [9.17, 15) is 18.0 Å². The number of sulfone groups is 1. The number of benzene rings is 1. The van der Waals surface area contributed by atoms with Crippen LogP contribution in [0, 0.1) is 5.92 Å². The zero-order chi connectivity index (χ0) is 26.2. The number of piperidine rings is 1. The Morgan fingerprint density at radius 1 is 1.16 bits per heavy atom. The number of methoxy groups -OCH3 is 1. The largest absolute Gasteiger partial charge is 0.481 e. The number of carbonyl (C=O) groups excluding carboxylic acids is 2. The van der Waals surface area contributed by atoms with Crippen LogP contribution in [-0.2, 0) is 14.6 Å². The molecule has 1 aromatic carbocycles. The number of hydrogen-bond donors (Lipinski definition) is 2. The van der Waals surface area contributed by atoms with E-state index in [1.54, 1.807) is 41.3 Å². The Bertz CT molecular complexity index is 1450. The molecule has 2 aliphatic rings. The highest BCUT2D eigenvalue weighted by atomic mass is 35.5. The van der Waals surface area contributed by atoms with Gasteiger partial charge in [0.1, 0.15) is 5.69 Å². The van der Waals surface area contributed by atoms with Gasteiger partial charge in [-0.05, 0) is 37.0 Å². The lowest BCUT2D eigenvalue weighted by molar-refractivity contribution is -0.127. The Kier molecular flexibility index (Phi) is 6.91. The smallest absolute Gasteiger partial charge is 0.271 e. The molecular weight excluding hydrogens is 518 g/mol. The topological polar surface area (TPSA) is 134 Å². The number of aromatic amines is 1. The standard InChI is InChI=1S/C25H26ClN5O5S/c1-36-23-12-17(18(26)14-27-23)20-13-21(30-29-20)25(33)31-9-6-15(7-10-31)24(32)28-19-8-11-37(34,35)22-5-3-2-4-16(19)22/h2-5,12-15,19H,6-11H2,1H3,(H,28,32)(H,29,30). The number of halogens is 1. The zero-order valence-corrected chi connectivity index (χ0v) is 21.7. The molecule has 1 saturated heterocycles. The molecule has 1 fully saturated rings. The second kappa shape index (κ2) is 10.1. The Morgan fingerprint density at radius 3 is 2.68 bits per heavy atom. The Hall–Kier alpha value is -3.44. The van der Waals surface area contributed by atoms with E-state index in [1.165, 1.54) is 13.3 Å². The van der Waals surface area contributed by atoms with Crippen LogP contribution in [0.5, 0.6) is 5.88 Å². The van der Waals surface area contributed by atoms with Gasteiger partial charge in [-0.25, -0.2) is 13.4 Å². The molecule has 0 saturated carbocycles. The number of nitrogens with one attached hydrogen (secondary N) is 2. The van der Waals surface area contributed by atoms with Gasteiger partial charge in [-0.1, -0.05) is 29.8 Å². The zero-order valence-electron chi connectivity index (χ0n) is 20.1. The van der Waals surface area contributed by atoms with E-state index in [2.05, 4.69) is 20.5 Å². The summed E-state index contributed by atoms with van der Waals surface area (Å²) in [7, 11) is -1.82. The van der Waals surface area contributed by atoms with Crippen LogP contribution in [0.25, 0.3) is 11.3 Å². The molecule has 1 atom stereocenters. The molecule has 2 amide bonds. The fourth-order valence-electron chi connectivity index (χ4n) is 4.84. The lowest BCUT2D eigenvalue weighted by atomic mass is 9.94. The molecule has 1 unspecified atom stereocenters. The maximum absolute atomic E-state index is 13.1. The van der Waals surface area contributed by atoms with Gasteiger partial charge in [0.25, 0.3) is 5.91 Å². The molecule has 2 N–H and O–H groups in total. The van der Waals surface area contributed by atoms with Crippen LogP contribution < -0.4 is 10.1 Å². The molecule has 5 rings (SSSR count). The van der Waals surface area contributed by atoms with E-state index in [4.69, 9.17) is 16.3 Å². The number of rotatable bonds is 5. The average Bonchev–Trinajstić information content (AvgIpc) is 3.40. The lowest BCUT2D eigenvalue weighted by Gasteiger charge is -2.33. The number of fused-ring (bicyclic) bond motifs is 1. The van der Waals surface area contributed by atoms with Crippen molar-refractivity contribution in [2.24, 2.45) is 5.92 Å². The second-order valence-electron chi connectivity index (χ2n) is 9.15. The van der Waals surface area contributed by atoms with Gasteiger partial charge in [-0.3, -0.25) is 14.7 Å². The van der Waals surface area contributed by atoms with Gasteiger partial charge >= 0.3 is 0 Å². The van der Waals surface area contributed by atoms with Crippen molar-refractivity contribution in [1.29, 1.82) is 0 Å². The summed E-state index contributed by atoms with van der Waals surface area (Å²) in [4.78, 5) is 32.1. The molecular formula is C25H26ClN5O5S. The van der Waals surface area contributed by atoms with E-state index >= 15 is 0 Å². The van der Waals surface area contributed by atoms with Crippen LogP contribution in [0.4, 0.5) is 0 Å². The van der Waals surface area contributed by atoms with Crippen molar-refractivity contribution in [2.45, 2.75) is 30.2 Å². The van der Waals surface area contributed by atoms with Gasteiger partial charge in [0.2, 0.25) is 11.8 Å². The lowest BCUT2D eigenvalue weighted by Crippen LogP contribution is -2.44. The maximum atomic E-state index is 13.1. The van der Waals surface area contributed by atoms with Crippen LogP contribution in [0.3, 0.4) is 0 Å². The third-order valence-corrected chi connectivity index (χ3v) is 9.01. The molecule has 0 radical (unpaired) electrons. The van der Waals surface area contributed by atoms with Gasteiger partial charge in [-0.2, -0.15) is 5.10 Å². The number of likely N-dealkylation sites (tertiary alicyclic amines) is 1. The highest BCUT2D eigenvalue weighted by Crippen LogP contribution is 2.33. The average molecular weight is 544 g/mol. The summed E-state index contributed by atoms with van der Waals surface area (Å²) >= 11 is 6.25. The number of pyridine rings is 1. The summed E-state index contributed by atoms with van der Waals surface area (Å²) in [6.07, 6.45) is 2.84. The Morgan fingerprint density at radius 2 is 1.92 bits per heavy atom. The quantitative estimate of drug-likeness (QED) is 0.505. The van der Waals surface area contributed by atoms with Crippen LogP contribution in [0.2, 0.25) is 5.02 Å². The van der Waals surface area contributed by atoms with Crippen LogP contribution in [0.1, 0.15) is 41.4 Å². The molecule has 12 heteroatoms. The first-order valence-corrected chi connectivity index (χ1v) is 14.0. The normalized spacial score (nSPS) is 19.2. The van der Waals surface area contributed by atoms with Crippen LogP contribution >= 0.6 is 11.6 Å². The predicted molar refractivity (Wildman–Crippen MR) is 136 cm³/mol. The van der Waals surface area contributed by atoms with Crippen molar-refractivity contribution in [3.05, 3.63) is 58.9 Å². The number of carbonyl (C=O) groups is 2. The Labute approximate surface area is 219 Å². The minimum atomic E-state index is -3.32. The number of amides is 2. The van der Waals surface area contributed by atoms with E-state index < -0.39 is 9.84 Å². The van der Waals surface area contributed by atoms with Crippen molar-refractivity contribution in [1.82, 2.24) is 25.4 Å². The highest BCUT2D eigenvalue weighted by Gasteiger charge is 2.34. The van der Waals surface area contributed by atoms with Crippen molar-refractivity contribution >= 4 is 33.3 Å². The predicted octanol–water partition coefficient (Wildman–Crippen LogP) is 3.02. The summed E-state index contributed by atoms with van der Waals surface area (Å²) in [5, 5.41) is 10.4. The first-order valence-electron chi connectivity index (χ1n) is 11.9. The first-order chi connectivity index (χ1) is 17.8. The molecule has 0 spiro atoms. The maximum Gasteiger partial charge on any atom is 0.271 e. The van der Waals surface area contributed by atoms with Gasteiger partial charge < -0.3 is 15.0 Å². The van der Waals surface area contributed by atoms with Gasteiger partial charge in [0, 0.05) is 30.6 Å². The summed E-state index contributed by atoms with van der Waals surface area (Å²) < 4.78 is 29.9. The fraction of sp³-hybridized carbons (Fsp3) is 0.360. The van der Waals surface area contributed by atoms with Crippen molar-refractivity contribution < 1.29 is 22.7 Å². The summed E-state index contributed by atoms with van der Waals surface area (Å²) in [5.74, 6) is -0.187. The molecule has 0 aliphatic carbocycles. The molecule has 4 heterocycles. The second-order valence-corrected chi connectivity index (χ2v) is 11.6. The summed E-state index contributed by atoms with van der Waals surface area (Å²) in [6, 6.07) is 9.77. The third-order valence-electron chi connectivity index (χ3n) is 6.90. The van der Waals surface area contributed by atoms with Gasteiger partial charge in [0.15, 0.2) is 9.84 Å². The minimum Gasteiger partial charge on any atom is -0.481 e. The summed E-state index contributed by atoms with van der Waals surface area (Å²) in [5.41, 5.74) is 2.05. The number of ether oxygens (including phenoxy) is 1. The number of aromatic nitrogens is 3. The molecule has 3 aromatic rings. The summed E-state index contributed by atoms with van der Waals surface area (Å²) in [6.45, 7) is 0.843. The van der Waals surface area contributed by atoms with Crippen molar-refractivity contribution in [3.63, 3.8) is 0 Å². The van der Waals surface area contributed by atoms with E-state index in [-0.39, 0.29) is 34.4 Å².